The van der Waals surface area contributed by atoms with E-state index in [9.17, 15) is 0 Å². The lowest BCUT2D eigenvalue weighted by Crippen LogP contribution is -2.03. The molecule has 0 amide bonds. The number of rotatable bonds is 8. The van der Waals surface area contributed by atoms with Gasteiger partial charge < -0.3 is 14.2 Å². The van der Waals surface area contributed by atoms with Crippen LogP contribution >= 0.6 is 0 Å². The Kier molecular flexibility index (Phi) is 6.13. The van der Waals surface area contributed by atoms with Crippen molar-refractivity contribution in [2.75, 3.05) is 20.3 Å². The summed E-state index contributed by atoms with van der Waals surface area (Å²) in [6, 6.07) is 14.0. The molecule has 0 radical (unpaired) electrons. The maximum Gasteiger partial charge on any atom is 0.122 e. The molecule has 0 bridgehead atoms. The molecule has 0 saturated heterocycles. The topological polar surface area (TPSA) is 27.7 Å². The fourth-order valence-electron chi connectivity index (χ4n) is 2.13. The van der Waals surface area contributed by atoms with E-state index >= 15 is 0 Å². The molecular weight excluding hydrogens is 276 g/mol. The molecular formula is C19H24O3. The summed E-state index contributed by atoms with van der Waals surface area (Å²) < 4.78 is 16.7. The van der Waals surface area contributed by atoms with E-state index in [4.69, 9.17) is 14.2 Å². The molecule has 0 heterocycles. The van der Waals surface area contributed by atoms with Crippen molar-refractivity contribution in [2.45, 2.75) is 26.7 Å². The highest BCUT2D eigenvalue weighted by Crippen LogP contribution is 2.20. The Balaban J connectivity index is 1.66. The predicted molar refractivity (Wildman–Crippen MR) is 89.1 cm³/mol. The molecule has 0 atom stereocenters. The number of ether oxygens (including phenoxy) is 3. The monoisotopic (exact) mass is 300 g/mol. The molecule has 0 aromatic heterocycles. The molecule has 118 valence electrons. The van der Waals surface area contributed by atoms with Crippen molar-refractivity contribution in [3.8, 4) is 17.2 Å². The van der Waals surface area contributed by atoms with Crippen molar-refractivity contribution < 1.29 is 14.2 Å². The normalized spacial score (nSPS) is 10.3. The van der Waals surface area contributed by atoms with Crippen LogP contribution in [0.15, 0.2) is 42.5 Å². The number of unbranched alkanes of at least 4 members (excludes halogenated alkanes) is 1. The first-order valence-corrected chi connectivity index (χ1v) is 7.66. The van der Waals surface area contributed by atoms with Crippen LogP contribution in [0.25, 0.3) is 0 Å². The molecule has 2 aromatic rings. The van der Waals surface area contributed by atoms with Gasteiger partial charge in [0.25, 0.3) is 0 Å². The van der Waals surface area contributed by atoms with Crippen LogP contribution < -0.4 is 14.2 Å². The van der Waals surface area contributed by atoms with Crippen LogP contribution in [0, 0.1) is 13.8 Å². The molecule has 0 aliphatic carbocycles. The van der Waals surface area contributed by atoms with Gasteiger partial charge in [-0.05, 0) is 56.0 Å². The van der Waals surface area contributed by atoms with Crippen molar-refractivity contribution in [3.05, 3.63) is 53.6 Å². The second kappa shape index (κ2) is 8.32. The fourth-order valence-corrected chi connectivity index (χ4v) is 2.13. The van der Waals surface area contributed by atoms with Gasteiger partial charge in [0.15, 0.2) is 0 Å². The summed E-state index contributed by atoms with van der Waals surface area (Å²) in [5, 5.41) is 0. The zero-order chi connectivity index (χ0) is 15.8. The van der Waals surface area contributed by atoms with E-state index in [0.717, 1.165) is 30.1 Å². The van der Waals surface area contributed by atoms with Crippen LogP contribution in [-0.2, 0) is 0 Å². The van der Waals surface area contributed by atoms with Gasteiger partial charge in [0.1, 0.15) is 17.2 Å². The fraction of sp³-hybridized carbons (Fsp3) is 0.368. The van der Waals surface area contributed by atoms with Crippen LogP contribution in [0.2, 0.25) is 0 Å². The molecule has 0 fully saturated rings. The molecule has 0 saturated carbocycles. The lowest BCUT2D eigenvalue weighted by Gasteiger charge is -2.10. The quantitative estimate of drug-likeness (QED) is 0.669. The molecule has 3 heteroatoms. The van der Waals surface area contributed by atoms with Crippen molar-refractivity contribution in [2.24, 2.45) is 0 Å². The molecule has 2 aromatic carbocycles. The molecule has 0 aliphatic rings. The predicted octanol–water partition coefficient (Wildman–Crippen LogP) is 4.55. The second-order valence-corrected chi connectivity index (χ2v) is 5.35. The van der Waals surface area contributed by atoms with Gasteiger partial charge in [0.05, 0.1) is 20.3 Å². The first-order valence-electron chi connectivity index (χ1n) is 7.66. The Bertz CT molecular complexity index is 593. The van der Waals surface area contributed by atoms with Crippen molar-refractivity contribution in [1.82, 2.24) is 0 Å². The third-order valence-electron chi connectivity index (χ3n) is 3.45. The van der Waals surface area contributed by atoms with Gasteiger partial charge in [0, 0.05) is 6.07 Å². The molecule has 0 unspecified atom stereocenters. The van der Waals surface area contributed by atoms with Gasteiger partial charge in [-0.15, -0.1) is 0 Å². The second-order valence-electron chi connectivity index (χ2n) is 5.35. The van der Waals surface area contributed by atoms with Crippen molar-refractivity contribution in [3.63, 3.8) is 0 Å². The third-order valence-corrected chi connectivity index (χ3v) is 3.45. The van der Waals surface area contributed by atoms with E-state index in [2.05, 4.69) is 32.0 Å². The number of hydrogen-bond acceptors (Lipinski definition) is 3. The average molecular weight is 300 g/mol. The summed E-state index contributed by atoms with van der Waals surface area (Å²) in [7, 11) is 1.66. The van der Waals surface area contributed by atoms with E-state index in [1.165, 1.54) is 11.1 Å². The summed E-state index contributed by atoms with van der Waals surface area (Å²) in [5.74, 6) is 2.64. The highest BCUT2D eigenvalue weighted by atomic mass is 16.5. The first-order chi connectivity index (χ1) is 10.7. The Morgan fingerprint density at radius 2 is 1.55 bits per heavy atom. The number of methoxy groups -OCH3 is 1. The van der Waals surface area contributed by atoms with E-state index in [-0.39, 0.29) is 0 Å². The zero-order valence-electron chi connectivity index (χ0n) is 13.6. The van der Waals surface area contributed by atoms with Crippen LogP contribution in [0.3, 0.4) is 0 Å². The largest absolute Gasteiger partial charge is 0.497 e. The summed E-state index contributed by atoms with van der Waals surface area (Å²) in [4.78, 5) is 0. The van der Waals surface area contributed by atoms with Crippen LogP contribution in [0.4, 0.5) is 0 Å². The van der Waals surface area contributed by atoms with Gasteiger partial charge in [0.2, 0.25) is 0 Å². The maximum absolute atomic E-state index is 5.83. The van der Waals surface area contributed by atoms with E-state index in [1.54, 1.807) is 7.11 Å². The maximum atomic E-state index is 5.83. The van der Waals surface area contributed by atoms with Gasteiger partial charge in [-0.3, -0.25) is 0 Å². The minimum atomic E-state index is 0.684. The first kappa shape index (κ1) is 16.2. The Morgan fingerprint density at radius 1 is 0.818 bits per heavy atom. The molecule has 0 spiro atoms. The van der Waals surface area contributed by atoms with Crippen LogP contribution in [0.1, 0.15) is 24.0 Å². The molecule has 22 heavy (non-hydrogen) atoms. The summed E-state index contributed by atoms with van der Waals surface area (Å²) in [6.07, 6.45) is 1.93. The van der Waals surface area contributed by atoms with Crippen molar-refractivity contribution in [1.29, 1.82) is 0 Å². The average Bonchev–Trinajstić information content (AvgIpc) is 2.54. The lowest BCUT2D eigenvalue weighted by atomic mass is 10.1. The minimum Gasteiger partial charge on any atom is -0.497 e. The molecule has 2 rings (SSSR count). The van der Waals surface area contributed by atoms with Gasteiger partial charge in [-0.2, -0.15) is 0 Å². The summed E-state index contributed by atoms with van der Waals surface area (Å²) in [5.41, 5.74) is 2.40. The van der Waals surface area contributed by atoms with Crippen LogP contribution in [-0.4, -0.2) is 20.3 Å². The highest BCUT2D eigenvalue weighted by molar-refractivity contribution is 5.36. The third kappa shape index (κ3) is 4.99. The SMILES string of the molecule is COc1cccc(OCCCCOc2cc(C)ccc2C)c1. The van der Waals surface area contributed by atoms with E-state index < -0.39 is 0 Å². The Labute approximate surface area is 132 Å². The Morgan fingerprint density at radius 3 is 2.32 bits per heavy atom. The zero-order valence-corrected chi connectivity index (χ0v) is 13.6. The van der Waals surface area contributed by atoms with E-state index in [0.29, 0.717) is 13.2 Å². The minimum absolute atomic E-state index is 0.684. The van der Waals surface area contributed by atoms with Gasteiger partial charge in [-0.1, -0.05) is 18.2 Å². The molecule has 3 nitrogen and oxygen atoms in total. The summed E-state index contributed by atoms with van der Waals surface area (Å²) >= 11 is 0. The summed E-state index contributed by atoms with van der Waals surface area (Å²) in [6.45, 7) is 5.55. The smallest absolute Gasteiger partial charge is 0.122 e. The molecule has 0 N–H and O–H groups in total. The number of benzene rings is 2. The standard InChI is InChI=1S/C19H24O3/c1-15-9-10-16(2)19(13-15)22-12-5-4-11-21-18-8-6-7-17(14-18)20-3/h6-10,13-14H,4-5,11-12H2,1-3H3. The van der Waals surface area contributed by atoms with Gasteiger partial charge in [-0.25, -0.2) is 0 Å². The van der Waals surface area contributed by atoms with Crippen molar-refractivity contribution >= 4 is 0 Å². The van der Waals surface area contributed by atoms with E-state index in [1.807, 2.05) is 24.3 Å². The van der Waals surface area contributed by atoms with Gasteiger partial charge >= 0.3 is 0 Å². The Hall–Kier alpha value is -2.16. The van der Waals surface area contributed by atoms with Crippen LogP contribution in [0.5, 0.6) is 17.2 Å². The highest BCUT2D eigenvalue weighted by Gasteiger charge is 2.00. The number of aryl methyl sites for hydroxylation is 2. The molecule has 0 aliphatic heterocycles. The number of hydrogen-bond donors (Lipinski definition) is 0. The lowest BCUT2D eigenvalue weighted by molar-refractivity contribution is 0.265.